The average molecular weight is 384 g/mol. The van der Waals surface area contributed by atoms with Gasteiger partial charge in [-0.2, -0.15) is 10.5 Å². The van der Waals surface area contributed by atoms with Gasteiger partial charge >= 0.3 is 0 Å². The van der Waals surface area contributed by atoms with Gasteiger partial charge in [-0.3, -0.25) is 9.59 Å². The number of ether oxygens (including phenoxy) is 1. The topological polar surface area (TPSA) is 115 Å². The van der Waals surface area contributed by atoms with Gasteiger partial charge in [-0.05, 0) is 31.2 Å². The molecule has 1 aromatic carbocycles. The van der Waals surface area contributed by atoms with Gasteiger partial charge in [0.2, 0.25) is 11.8 Å². The van der Waals surface area contributed by atoms with Crippen molar-refractivity contribution in [1.82, 2.24) is 5.32 Å². The quantitative estimate of drug-likeness (QED) is 0.807. The van der Waals surface area contributed by atoms with Crippen LogP contribution in [0.1, 0.15) is 20.8 Å². The SMILES string of the molecule is COc1ccc(NC(=O)[C@@H](C)SC2=C(C#N)C(C)(C)[C@@H](C#N)C(=O)N2)cc1. The second kappa shape index (κ2) is 8.15. The van der Waals surface area contributed by atoms with E-state index in [9.17, 15) is 20.1 Å². The number of benzene rings is 1. The van der Waals surface area contributed by atoms with Crippen LogP contribution < -0.4 is 15.4 Å². The summed E-state index contributed by atoms with van der Waals surface area (Å²) in [6.45, 7) is 5.04. The fourth-order valence-electron chi connectivity index (χ4n) is 2.66. The number of thioether (sulfide) groups is 1. The zero-order valence-electron chi connectivity index (χ0n) is 15.5. The molecule has 7 nitrogen and oxygen atoms in total. The van der Waals surface area contributed by atoms with E-state index in [1.807, 2.05) is 6.07 Å². The van der Waals surface area contributed by atoms with Crippen molar-refractivity contribution in [2.24, 2.45) is 11.3 Å². The number of methoxy groups -OCH3 is 1. The van der Waals surface area contributed by atoms with Crippen LogP contribution in [-0.2, 0) is 9.59 Å². The Bertz CT molecular complexity index is 862. The highest BCUT2D eigenvalue weighted by Gasteiger charge is 2.45. The first kappa shape index (κ1) is 20.3. The summed E-state index contributed by atoms with van der Waals surface area (Å²) < 4.78 is 5.08. The van der Waals surface area contributed by atoms with E-state index in [0.29, 0.717) is 22.0 Å². The maximum atomic E-state index is 12.5. The Balaban J connectivity index is 2.17. The monoisotopic (exact) mass is 384 g/mol. The van der Waals surface area contributed by atoms with Crippen molar-refractivity contribution in [1.29, 1.82) is 10.5 Å². The van der Waals surface area contributed by atoms with Crippen LogP contribution in [0.5, 0.6) is 5.75 Å². The summed E-state index contributed by atoms with van der Waals surface area (Å²) in [6, 6.07) is 10.9. The van der Waals surface area contributed by atoms with Gasteiger partial charge in [0.1, 0.15) is 11.7 Å². The maximum Gasteiger partial charge on any atom is 0.243 e. The molecule has 2 N–H and O–H groups in total. The summed E-state index contributed by atoms with van der Waals surface area (Å²) in [7, 11) is 1.56. The number of rotatable bonds is 5. The Kier molecular flexibility index (Phi) is 6.14. The minimum atomic E-state index is -0.958. The van der Waals surface area contributed by atoms with Gasteiger partial charge in [0.15, 0.2) is 0 Å². The number of hydrogen-bond donors (Lipinski definition) is 2. The second-order valence-electron chi connectivity index (χ2n) is 6.57. The highest BCUT2D eigenvalue weighted by molar-refractivity contribution is 8.04. The predicted octanol–water partition coefficient (Wildman–Crippen LogP) is 2.79. The molecular formula is C19H20N4O3S. The molecule has 1 aliphatic heterocycles. The van der Waals surface area contributed by atoms with Crippen LogP contribution in [0.2, 0.25) is 0 Å². The lowest BCUT2D eigenvalue weighted by molar-refractivity contribution is -0.125. The Morgan fingerprint density at radius 3 is 2.48 bits per heavy atom. The number of amides is 2. The molecule has 27 heavy (non-hydrogen) atoms. The third kappa shape index (κ3) is 4.24. The van der Waals surface area contributed by atoms with Crippen molar-refractivity contribution in [2.45, 2.75) is 26.0 Å². The van der Waals surface area contributed by atoms with E-state index in [1.54, 1.807) is 52.1 Å². The zero-order chi connectivity index (χ0) is 20.2. The van der Waals surface area contributed by atoms with Crippen LogP contribution in [-0.4, -0.2) is 24.2 Å². The molecule has 0 bridgehead atoms. The molecule has 0 radical (unpaired) electrons. The smallest absolute Gasteiger partial charge is 0.243 e. The van der Waals surface area contributed by atoms with Gasteiger partial charge in [-0.25, -0.2) is 0 Å². The van der Waals surface area contributed by atoms with Crippen LogP contribution in [0.3, 0.4) is 0 Å². The summed E-state index contributed by atoms with van der Waals surface area (Å²) in [5.41, 5.74) is -0.0246. The van der Waals surface area contributed by atoms with E-state index in [1.165, 1.54) is 0 Å². The fraction of sp³-hybridized carbons (Fsp3) is 0.368. The van der Waals surface area contributed by atoms with Crippen LogP contribution in [0, 0.1) is 34.0 Å². The largest absolute Gasteiger partial charge is 0.497 e. The Morgan fingerprint density at radius 2 is 1.96 bits per heavy atom. The van der Waals surface area contributed by atoms with E-state index >= 15 is 0 Å². The summed E-state index contributed by atoms with van der Waals surface area (Å²) >= 11 is 1.09. The summed E-state index contributed by atoms with van der Waals surface area (Å²) in [5, 5.41) is 23.9. The first-order valence-electron chi connectivity index (χ1n) is 8.21. The van der Waals surface area contributed by atoms with E-state index in [4.69, 9.17) is 4.74 Å². The number of anilines is 1. The number of carbonyl (C=O) groups is 2. The molecule has 2 amide bonds. The number of nitrogens with zero attached hydrogens (tertiary/aromatic N) is 2. The van der Waals surface area contributed by atoms with E-state index in [-0.39, 0.29) is 5.91 Å². The first-order valence-corrected chi connectivity index (χ1v) is 9.09. The lowest BCUT2D eigenvalue weighted by atomic mass is 9.72. The van der Waals surface area contributed by atoms with Crippen molar-refractivity contribution in [2.75, 3.05) is 12.4 Å². The number of hydrogen-bond acceptors (Lipinski definition) is 6. The summed E-state index contributed by atoms with van der Waals surface area (Å²) in [4.78, 5) is 24.7. The Hall–Kier alpha value is -2.97. The molecule has 1 aromatic rings. The zero-order valence-corrected chi connectivity index (χ0v) is 16.3. The van der Waals surface area contributed by atoms with E-state index < -0.39 is 22.5 Å². The number of nitrogens with one attached hydrogen (secondary N) is 2. The lowest BCUT2D eigenvalue weighted by Gasteiger charge is -2.35. The number of nitriles is 2. The number of carbonyl (C=O) groups excluding carboxylic acids is 2. The molecule has 1 aliphatic rings. The van der Waals surface area contributed by atoms with Crippen molar-refractivity contribution < 1.29 is 14.3 Å². The molecule has 2 rings (SSSR count). The molecule has 0 saturated heterocycles. The molecule has 0 saturated carbocycles. The fourth-order valence-corrected chi connectivity index (χ4v) is 3.77. The Morgan fingerprint density at radius 1 is 1.33 bits per heavy atom. The van der Waals surface area contributed by atoms with Crippen LogP contribution in [0.4, 0.5) is 5.69 Å². The molecule has 0 fully saturated rings. The molecule has 0 spiro atoms. The van der Waals surface area contributed by atoms with Crippen LogP contribution in [0.15, 0.2) is 34.9 Å². The molecular weight excluding hydrogens is 364 g/mol. The molecule has 140 valence electrons. The van der Waals surface area contributed by atoms with Gasteiger partial charge in [-0.15, -0.1) is 0 Å². The molecule has 8 heteroatoms. The first-order chi connectivity index (χ1) is 12.7. The summed E-state index contributed by atoms with van der Waals surface area (Å²) in [5.74, 6) is -1.02. The van der Waals surface area contributed by atoms with Crippen LogP contribution >= 0.6 is 11.8 Å². The number of allylic oxidation sites excluding steroid dienone is 1. The van der Waals surface area contributed by atoms with Crippen molar-refractivity contribution >= 4 is 29.3 Å². The lowest BCUT2D eigenvalue weighted by Crippen LogP contribution is -2.45. The highest BCUT2D eigenvalue weighted by Crippen LogP contribution is 2.42. The maximum absolute atomic E-state index is 12.5. The second-order valence-corrected chi connectivity index (χ2v) is 7.92. The third-order valence-electron chi connectivity index (χ3n) is 4.35. The van der Waals surface area contributed by atoms with Crippen molar-refractivity contribution in [3.05, 3.63) is 34.9 Å². The third-order valence-corrected chi connectivity index (χ3v) is 5.46. The standard InChI is InChI=1S/C19H20N4O3S/c1-11(16(24)22-12-5-7-13(26-4)8-6-12)27-18-15(10-21)19(2,3)14(9-20)17(25)23-18/h5-8,11,14H,1-4H3,(H,22,24)(H,23,25)/t11-,14+/m1/s1. The minimum Gasteiger partial charge on any atom is -0.497 e. The minimum absolute atomic E-state index is 0.274. The van der Waals surface area contributed by atoms with Crippen molar-refractivity contribution in [3.63, 3.8) is 0 Å². The molecule has 0 unspecified atom stereocenters. The van der Waals surface area contributed by atoms with Gasteiger partial charge in [0.05, 0.1) is 35.1 Å². The molecule has 0 aliphatic carbocycles. The van der Waals surface area contributed by atoms with Gasteiger partial charge in [0, 0.05) is 11.1 Å². The molecule has 2 atom stereocenters. The van der Waals surface area contributed by atoms with E-state index in [2.05, 4.69) is 16.7 Å². The Labute approximate surface area is 162 Å². The average Bonchev–Trinajstić information content (AvgIpc) is 2.62. The van der Waals surface area contributed by atoms with Crippen molar-refractivity contribution in [3.8, 4) is 17.9 Å². The summed E-state index contributed by atoms with van der Waals surface area (Å²) in [6.07, 6.45) is 0. The molecule has 0 aromatic heterocycles. The van der Waals surface area contributed by atoms with Crippen LogP contribution in [0.25, 0.3) is 0 Å². The van der Waals surface area contributed by atoms with Gasteiger partial charge in [-0.1, -0.05) is 25.6 Å². The highest BCUT2D eigenvalue weighted by atomic mass is 32.2. The van der Waals surface area contributed by atoms with Gasteiger partial charge in [0.25, 0.3) is 0 Å². The molecule has 1 heterocycles. The van der Waals surface area contributed by atoms with Gasteiger partial charge < -0.3 is 15.4 Å². The predicted molar refractivity (Wildman–Crippen MR) is 102 cm³/mol. The normalized spacial score (nSPS) is 19.3. The van der Waals surface area contributed by atoms with E-state index in [0.717, 1.165) is 11.8 Å².